The van der Waals surface area contributed by atoms with Crippen molar-refractivity contribution in [3.8, 4) is 0 Å². The molecule has 0 spiro atoms. The van der Waals surface area contributed by atoms with E-state index in [0.29, 0.717) is 0 Å². The topological polar surface area (TPSA) is 4.41 Å². The van der Waals surface area contributed by atoms with Gasteiger partial charge in [0, 0.05) is 21.5 Å². The lowest BCUT2D eigenvalue weighted by Crippen LogP contribution is -1.94. The first-order chi connectivity index (χ1) is 11.4. The van der Waals surface area contributed by atoms with Crippen LogP contribution in [0.3, 0.4) is 0 Å². The van der Waals surface area contributed by atoms with Gasteiger partial charge in [-0.05, 0) is 22.9 Å². The second kappa shape index (κ2) is 3.82. The number of pyridine rings is 2. The fraction of sp³-hybridized carbons (Fsp3) is 0. The Morgan fingerprint density at radius 1 is 0.391 bits per heavy atom. The first kappa shape index (κ1) is 11.5. The Labute approximate surface area is 132 Å². The zero-order chi connectivity index (χ0) is 15.0. The Hall–Kier alpha value is -3.06. The van der Waals surface area contributed by atoms with E-state index in [1.165, 1.54) is 48.9 Å². The van der Waals surface area contributed by atoms with E-state index in [2.05, 4.69) is 83.3 Å². The third kappa shape index (κ3) is 1.25. The predicted molar refractivity (Wildman–Crippen MR) is 98.6 cm³/mol. The highest BCUT2D eigenvalue weighted by atomic mass is 14.9. The van der Waals surface area contributed by atoms with Crippen LogP contribution in [0.25, 0.3) is 48.9 Å². The standard InChI is InChI=1S/C22H13N/c1-3-8-16-14(6-1)18-10-5-11-19-15-7-2-4-9-17(15)21-13-12-20(16)23(21)22(18)19/h1-13H. The minimum Gasteiger partial charge on any atom is -0.308 e. The number of benzene rings is 3. The normalized spacial score (nSPS) is 12.3. The van der Waals surface area contributed by atoms with E-state index in [4.69, 9.17) is 0 Å². The lowest BCUT2D eigenvalue weighted by Gasteiger charge is -2.15. The predicted octanol–water partition coefficient (Wildman–Crippen LogP) is 5.99. The Morgan fingerprint density at radius 2 is 0.826 bits per heavy atom. The summed E-state index contributed by atoms with van der Waals surface area (Å²) in [5, 5.41) is 7.97. The molecule has 0 aliphatic carbocycles. The Bertz CT molecular complexity index is 1250. The van der Waals surface area contributed by atoms with Crippen LogP contribution in [0.15, 0.2) is 78.9 Å². The van der Waals surface area contributed by atoms with Gasteiger partial charge in [-0.15, -0.1) is 0 Å². The van der Waals surface area contributed by atoms with Crippen LogP contribution in [0.2, 0.25) is 0 Å². The van der Waals surface area contributed by atoms with E-state index in [1.807, 2.05) is 0 Å². The van der Waals surface area contributed by atoms with Crippen molar-refractivity contribution in [3.05, 3.63) is 78.9 Å². The van der Waals surface area contributed by atoms with Crippen LogP contribution in [0.4, 0.5) is 0 Å². The first-order valence-corrected chi connectivity index (χ1v) is 7.98. The lowest BCUT2D eigenvalue weighted by atomic mass is 9.99. The number of hydrogen-bond acceptors (Lipinski definition) is 0. The van der Waals surface area contributed by atoms with Crippen LogP contribution in [0, 0.1) is 0 Å². The highest BCUT2D eigenvalue weighted by Crippen LogP contribution is 2.39. The molecule has 0 bridgehead atoms. The molecule has 0 atom stereocenters. The Morgan fingerprint density at radius 3 is 1.35 bits per heavy atom. The van der Waals surface area contributed by atoms with Crippen molar-refractivity contribution in [2.24, 2.45) is 0 Å². The van der Waals surface area contributed by atoms with E-state index in [-0.39, 0.29) is 0 Å². The Kier molecular flexibility index (Phi) is 1.91. The molecule has 106 valence electrons. The summed E-state index contributed by atoms with van der Waals surface area (Å²) in [6.07, 6.45) is 0. The number of rotatable bonds is 0. The second-order valence-corrected chi connectivity index (χ2v) is 6.23. The molecule has 6 rings (SSSR count). The van der Waals surface area contributed by atoms with Crippen molar-refractivity contribution in [2.45, 2.75) is 0 Å². The molecule has 3 aromatic carbocycles. The maximum Gasteiger partial charge on any atom is 0.0619 e. The van der Waals surface area contributed by atoms with Gasteiger partial charge >= 0.3 is 0 Å². The van der Waals surface area contributed by atoms with Crippen molar-refractivity contribution in [1.82, 2.24) is 4.40 Å². The quantitative estimate of drug-likeness (QED) is 0.239. The molecule has 0 radical (unpaired) electrons. The fourth-order valence-electron chi connectivity index (χ4n) is 4.20. The number of nitrogens with zero attached hydrogens (tertiary/aromatic N) is 1. The minimum absolute atomic E-state index is 1.30. The van der Waals surface area contributed by atoms with Crippen LogP contribution >= 0.6 is 0 Å². The summed E-state index contributed by atoms with van der Waals surface area (Å²) < 4.78 is 2.44. The van der Waals surface area contributed by atoms with Gasteiger partial charge in [0.2, 0.25) is 0 Å². The lowest BCUT2D eigenvalue weighted by molar-refractivity contribution is 1.36. The maximum absolute atomic E-state index is 2.44. The van der Waals surface area contributed by atoms with Gasteiger partial charge in [-0.1, -0.05) is 66.7 Å². The van der Waals surface area contributed by atoms with Crippen LogP contribution in [0.5, 0.6) is 0 Å². The summed E-state index contributed by atoms with van der Waals surface area (Å²) >= 11 is 0. The molecule has 0 aliphatic rings. The smallest absolute Gasteiger partial charge is 0.0619 e. The van der Waals surface area contributed by atoms with Gasteiger partial charge in [-0.2, -0.15) is 0 Å². The molecule has 1 nitrogen and oxygen atoms in total. The third-order valence-corrected chi connectivity index (χ3v) is 5.13. The van der Waals surface area contributed by atoms with Crippen molar-refractivity contribution in [3.63, 3.8) is 0 Å². The van der Waals surface area contributed by atoms with Crippen LogP contribution < -0.4 is 0 Å². The molecule has 0 amide bonds. The van der Waals surface area contributed by atoms with Crippen molar-refractivity contribution in [2.75, 3.05) is 0 Å². The molecule has 0 saturated carbocycles. The number of hydrogen-bond donors (Lipinski definition) is 0. The zero-order valence-corrected chi connectivity index (χ0v) is 12.5. The minimum atomic E-state index is 1.30. The van der Waals surface area contributed by atoms with Gasteiger partial charge < -0.3 is 4.40 Å². The highest BCUT2D eigenvalue weighted by Gasteiger charge is 2.15. The van der Waals surface area contributed by atoms with Gasteiger partial charge in [0.05, 0.1) is 16.6 Å². The Balaban J connectivity index is 2.15. The van der Waals surface area contributed by atoms with Crippen LogP contribution in [-0.2, 0) is 0 Å². The molecule has 23 heavy (non-hydrogen) atoms. The number of fused-ring (bicyclic) bond motifs is 6. The largest absolute Gasteiger partial charge is 0.308 e. The molecule has 0 saturated heterocycles. The molecule has 3 aromatic heterocycles. The van der Waals surface area contributed by atoms with Crippen molar-refractivity contribution in [1.29, 1.82) is 0 Å². The summed E-state index contributed by atoms with van der Waals surface area (Å²) in [6.45, 7) is 0. The maximum atomic E-state index is 2.44. The molecule has 6 aromatic rings. The van der Waals surface area contributed by atoms with E-state index in [1.54, 1.807) is 0 Å². The van der Waals surface area contributed by atoms with Gasteiger partial charge in [-0.3, -0.25) is 0 Å². The van der Waals surface area contributed by atoms with Gasteiger partial charge in [0.1, 0.15) is 0 Å². The summed E-state index contributed by atoms with van der Waals surface area (Å²) in [4.78, 5) is 0. The van der Waals surface area contributed by atoms with Crippen LogP contribution in [-0.4, -0.2) is 4.40 Å². The zero-order valence-electron chi connectivity index (χ0n) is 12.5. The molecule has 0 fully saturated rings. The monoisotopic (exact) mass is 291 g/mol. The van der Waals surface area contributed by atoms with Gasteiger partial charge in [-0.25, -0.2) is 0 Å². The summed E-state index contributed by atoms with van der Waals surface area (Å²) in [6, 6.07) is 28.7. The summed E-state index contributed by atoms with van der Waals surface area (Å²) in [5.41, 5.74) is 3.93. The molecule has 0 aliphatic heterocycles. The van der Waals surface area contributed by atoms with E-state index in [0.717, 1.165) is 0 Å². The summed E-state index contributed by atoms with van der Waals surface area (Å²) in [5.74, 6) is 0. The van der Waals surface area contributed by atoms with Crippen molar-refractivity contribution < 1.29 is 0 Å². The molecule has 3 heterocycles. The van der Waals surface area contributed by atoms with E-state index < -0.39 is 0 Å². The molecule has 1 heteroatoms. The average Bonchev–Trinajstić information content (AvgIpc) is 3.07. The van der Waals surface area contributed by atoms with E-state index >= 15 is 0 Å². The average molecular weight is 291 g/mol. The van der Waals surface area contributed by atoms with Crippen molar-refractivity contribution >= 4 is 48.9 Å². The van der Waals surface area contributed by atoms with Gasteiger partial charge in [0.25, 0.3) is 0 Å². The third-order valence-electron chi connectivity index (χ3n) is 5.13. The molecular weight excluding hydrogens is 278 g/mol. The molecule has 0 N–H and O–H groups in total. The van der Waals surface area contributed by atoms with Gasteiger partial charge in [0.15, 0.2) is 0 Å². The number of aromatic nitrogens is 1. The van der Waals surface area contributed by atoms with E-state index in [9.17, 15) is 0 Å². The van der Waals surface area contributed by atoms with Crippen LogP contribution in [0.1, 0.15) is 0 Å². The second-order valence-electron chi connectivity index (χ2n) is 6.23. The number of para-hydroxylation sites is 1. The fourth-order valence-corrected chi connectivity index (χ4v) is 4.20. The summed E-state index contributed by atoms with van der Waals surface area (Å²) in [7, 11) is 0. The SMILES string of the molecule is c1ccc2c(c1)c1cccc3c4ccccc4c4ccc2n4c13. The molecular formula is C22H13N. The molecule has 0 unspecified atom stereocenters. The first-order valence-electron chi connectivity index (χ1n) is 7.98. The highest BCUT2D eigenvalue weighted by molar-refractivity contribution is 6.24.